The zero-order valence-electron chi connectivity index (χ0n) is 35.4. The number of hydrogen-bond acceptors (Lipinski definition) is 4. The number of hydrogen-bond donors (Lipinski definition) is 4. The summed E-state index contributed by atoms with van der Waals surface area (Å²) in [5.41, 5.74) is 0. The molecule has 53 heavy (non-hydrogen) atoms. The zero-order chi connectivity index (χ0) is 38.7. The lowest BCUT2D eigenvalue weighted by Crippen LogP contribution is -2.48. The lowest BCUT2D eigenvalue weighted by atomic mass is 10.0. The molecule has 0 saturated carbocycles. The van der Waals surface area contributed by atoms with E-state index in [0.29, 0.717) is 6.42 Å². The van der Waals surface area contributed by atoms with E-state index < -0.39 is 24.2 Å². The first-order chi connectivity index (χ1) is 26.1. The van der Waals surface area contributed by atoms with E-state index in [0.717, 1.165) is 44.9 Å². The Bertz CT molecular complexity index is 824. The highest BCUT2D eigenvalue weighted by Crippen LogP contribution is 2.16. The molecule has 0 aromatic heterocycles. The molecule has 0 aromatic rings. The molecule has 4 N–H and O–H groups in total. The van der Waals surface area contributed by atoms with E-state index in [-0.39, 0.29) is 6.61 Å². The maximum absolute atomic E-state index is 12.5. The highest BCUT2D eigenvalue weighted by Gasteiger charge is 2.22. The summed E-state index contributed by atoms with van der Waals surface area (Å²) >= 11 is 0. The van der Waals surface area contributed by atoms with E-state index >= 15 is 0 Å². The second-order valence-corrected chi connectivity index (χ2v) is 16.0. The average molecular weight is 746 g/mol. The Morgan fingerprint density at radius 1 is 0.453 bits per heavy atom. The molecule has 0 fully saturated rings. The molecule has 0 aromatic carbocycles. The number of carbonyl (C=O) groups is 1. The molecule has 0 aliphatic rings. The van der Waals surface area contributed by atoms with Crippen LogP contribution in [0.1, 0.15) is 239 Å². The predicted molar refractivity (Wildman–Crippen MR) is 231 cm³/mol. The third-order valence-electron chi connectivity index (χ3n) is 10.7. The molecule has 0 spiro atoms. The fourth-order valence-electron chi connectivity index (χ4n) is 7.04. The molecule has 5 heteroatoms. The van der Waals surface area contributed by atoms with Crippen LogP contribution in [-0.4, -0.2) is 46.1 Å². The first-order valence-corrected chi connectivity index (χ1v) is 23.3. The van der Waals surface area contributed by atoms with Gasteiger partial charge in [-0.15, -0.1) is 0 Å². The van der Waals surface area contributed by atoms with Gasteiger partial charge < -0.3 is 20.6 Å². The van der Waals surface area contributed by atoms with Crippen molar-refractivity contribution in [2.45, 2.75) is 257 Å². The van der Waals surface area contributed by atoms with Crippen LogP contribution in [0.2, 0.25) is 0 Å². The Hall–Kier alpha value is -1.43. The number of amides is 1. The van der Waals surface area contributed by atoms with E-state index in [1.807, 2.05) is 6.08 Å². The molecule has 0 rings (SSSR count). The van der Waals surface area contributed by atoms with E-state index in [2.05, 4.69) is 43.5 Å². The number of aliphatic hydroxyl groups excluding tert-OH is 3. The van der Waals surface area contributed by atoms with Gasteiger partial charge in [0.05, 0.1) is 18.8 Å². The molecule has 0 aliphatic carbocycles. The zero-order valence-corrected chi connectivity index (χ0v) is 35.4. The summed E-state index contributed by atoms with van der Waals surface area (Å²) in [5, 5.41) is 33.2. The number of unbranched alkanes of at least 4 members (excludes halogenated alkanes) is 30. The summed E-state index contributed by atoms with van der Waals surface area (Å²) in [6, 6.07) is -0.818. The van der Waals surface area contributed by atoms with Crippen molar-refractivity contribution >= 4 is 5.91 Å². The van der Waals surface area contributed by atoms with Crippen LogP contribution in [0.25, 0.3) is 0 Å². The summed E-state index contributed by atoms with van der Waals surface area (Å²) in [6.45, 7) is 4.17. The summed E-state index contributed by atoms with van der Waals surface area (Å²) in [6.07, 6.45) is 54.7. The molecule has 3 unspecified atom stereocenters. The third-order valence-corrected chi connectivity index (χ3v) is 10.7. The van der Waals surface area contributed by atoms with Gasteiger partial charge in [0, 0.05) is 0 Å². The Morgan fingerprint density at radius 3 is 1.15 bits per heavy atom. The number of allylic oxidation sites excluding steroid dienone is 5. The highest BCUT2D eigenvalue weighted by molar-refractivity contribution is 5.80. The van der Waals surface area contributed by atoms with Crippen molar-refractivity contribution in [3.8, 4) is 0 Å². The van der Waals surface area contributed by atoms with Gasteiger partial charge in [-0.3, -0.25) is 4.79 Å². The average Bonchev–Trinajstić information content (AvgIpc) is 3.16. The Kier molecular flexibility index (Phi) is 42.1. The smallest absolute Gasteiger partial charge is 0.249 e. The van der Waals surface area contributed by atoms with Gasteiger partial charge in [-0.05, 0) is 44.9 Å². The van der Waals surface area contributed by atoms with E-state index in [4.69, 9.17) is 0 Å². The fraction of sp³-hybridized carbons (Fsp3) is 0.854. The van der Waals surface area contributed by atoms with E-state index in [9.17, 15) is 20.1 Å². The van der Waals surface area contributed by atoms with Crippen molar-refractivity contribution in [3.05, 3.63) is 36.5 Å². The van der Waals surface area contributed by atoms with Gasteiger partial charge in [0.25, 0.3) is 0 Å². The quantitative estimate of drug-likeness (QED) is 0.0370. The molecule has 0 aliphatic heterocycles. The van der Waals surface area contributed by atoms with Crippen molar-refractivity contribution < 1.29 is 20.1 Å². The summed E-state index contributed by atoms with van der Waals surface area (Å²) in [5.74, 6) is -0.514. The number of aliphatic hydroxyl groups is 3. The molecule has 3 atom stereocenters. The van der Waals surface area contributed by atoms with Crippen LogP contribution in [0.3, 0.4) is 0 Å². The largest absolute Gasteiger partial charge is 0.394 e. The second-order valence-electron chi connectivity index (χ2n) is 16.0. The Morgan fingerprint density at radius 2 is 0.774 bits per heavy atom. The van der Waals surface area contributed by atoms with Gasteiger partial charge in [-0.2, -0.15) is 0 Å². The first kappa shape index (κ1) is 51.6. The van der Waals surface area contributed by atoms with Crippen LogP contribution in [-0.2, 0) is 4.79 Å². The third kappa shape index (κ3) is 38.6. The summed E-state index contributed by atoms with van der Waals surface area (Å²) in [4.78, 5) is 12.5. The van der Waals surface area contributed by atoms with Crippen LogP contribution in [0.15, 0.2) is 36.5 Å². The Labute approximate surface area is 330 Å². The number of carbonyl (C=O) groups excluding carboxylic acids is 1. The van der Waals surface area contributed by atoms with Gasteiger partial charge in [-0.1, -0.05) is 230 Å². The number of nitrogens with one attached hydrogen (secondary N) is 1. The van der Waals surface area contributed by atoms with Crippen molar-refractivity contribution in [2.24, 2.45) is 0 Å². The molecule has 312 valence electrons. The van der Waals surface area contributed by atoms with E-state index in [1.165, 1.54) is 173 Å². The molecular weight excluding hydrogens is 655 g/mol. The summed E-state index contributed by atoms with van der Waals surface area (Å²) < 4.78 is 0. The lowest BCUT2D eigenvalue weighted by Gasteiger charge is -2.21. The van der Waals surface area contributed by atoms with Crippen LogP contribution < -0.4 is 5.32 Å². The van der Waals surface area contributed by atoms with Gasteiger partial charge in [0.2, 0.25) is 5.91 Å². The van der Waals surface area contributed by atoms with Crippen LogP contribution >= 0.6 is 0 Å². The van der Waals surface area contributed by atoms with E-state index in [1.54, 1.807) is 6.08 Å². The monoisotopic (exact) mass is 746 g/mol. The maximum atomic E-state index is 12.5. The standard InChI is InChI=1S/C48H91NO4/c1-3-5-7-9-11-13-15-17-19-21-23-24-25-27-29-31-33-35-37-39-41-43-47(52)48(53)49-45(44-50)46(51)42-40-38-36-34-32-30-28-26-22-20-18-16-14-12-10-8-6-4-2/h22,26,32,34,40,42,45-47,50-52H,3-21,23-25,27-31,33,35-39,41,43-44H2,1-2H3,(H,49,53)/b26-22+,34-32+,42-40+. The minimum atomic E-state index is -1.11. The molecule has 5 nitrogen and oxygen atoms in total. The van der Waals surface area contributed by atoms with Crippen molar-refractivity contribution in [1.29, 1.82) is 0 Å². The predicted octanol–water partition coefficient (Wildman–Crippen LogP) is 13.5. The van der Waals surface area contributed by atoms with Gasteiger partial charge in [-0.25, -0.2) is 0 Å². The lowest BCUT2D eigenvalue weighted by molar-refractivity contribution is -0.131. The second kappa shape index (κ2) is 43.3. The topological polar surface area (TPSA) is 89.8 Å². The highest BCUT2D eigenvalue weighted by atomic mass is 16.3. The molecular formula is C48H91NO4. The molecule has 0 heterocycles. The van der Waals surface area contributed by atoms with Gasteiger partial charge >= 0.3 is 0 Å². The van der Waals surface area contributed by atoms with Crippen molar-refractivity contribution in [2.75, 3.05) is 6.61 Å². The van der Waals surface area contributed by atoms with Gasteiger partial charge in [0.15, 0.2) is 0 Å². The van der Waals surface area contributed by atoms with Crippen LogP contribution in [0.5, 0.6) is 0 Å². The number of rotatable bonds is 42. The minimum Gasteiger partial charge on any atom is -0.394 e. The van der Waals surface area contributed by atoms with Crippen molar-refractivity contribution in [1.82, 2.24) is 5.32 Å². The maximum Gasteiger partial charge on any atom is 0.249 e. The molecule has 1 amide bonds. The first-order valence-electron chi connectivity index (χ1n) is 23.3. The molecule has 0 bridgehead atoms. The van der Waals surface area contributed by atoms with Crippen molar-refractivity contribution in [3.63, 3.8) is 0 Å². The SMILES string of the molecule is CCCCCCCCCC/C=C/CC/C=C/CC/C=C/C(O)C(CO)NC(=O)C(O)CCCCCCCCCCCCCCCCCCCCCCC. The van der Waals surface area contributed by atoms with Gasteiger partial charge in [0.1, 0.15) is 6.10 Å². The minimum absolute atomic E-state index is 0.379. The summed E-state index contributed by atoms with van der Waals surface area (Å²) in [7, 11) is 0. The van der Waals surface area contributed by atoms with Crippen LogP contribution in [0, 0.1) is 0 Å². The van der Waals surface area contributed by atoms with Crippen LogP contribution in [0.4, 0.5) is 0 Å². The molecule has 0 saturated heterocycles. The fourth-order valence-corrected chi connectivity index (χ4v) is 7.04. The Balaban J connectivity index is 3.69. The normalized spacial score (nSPS) is 13.8. The molecule has 0 radical (unpaired) electrons.